The van der Waals surface area contributed by atoms with Gasteiger partial charge in [0, 0.05) is 50.7 Å². The summed E-state index contributed by atoms with van der Waals surface area (Å²) in [5.74, 6) is 0. The van der Waals surface area contributed by atoms with Crippen LogP contribution in [0.5, 0.6) is 0 Å². The minimum absolute atomic E-state index is 0.806. The van der Waals surface area contributed by atoms with Gasteiger partial charge in [0.15, 0.2) is 0 Å². The Labute approximate surface area is 187 Å². The van der Waals surface area contributed by atoms with Crippen molar-refractivity contribution in [3.8, 4) is 11.1 Å². The van der Waals surface area contributed by atoms with Gasteiger partial charge in [-0.3, -0.25) is 0 Å². The van der Waals surface area contributed by atoms with Gasteiger partial charge < -0.3 is 9.13 Å². The second-order valence-corrected chi connectivity index (χ2v) is 10.2. The van der Waals surface area contributed by atoms with E-state index >= 15 is 0 Å². The zero-order valence-electron chi connectivity index (χ0n) is 17.0. The maximum absolute atomic E-state index is 2.88. The molecule has 3 atom stereocenters. The average Bonchev–Trinajstić information content (AvgIpc) is 3.31. The zero-order valence-corrected chi connectivity index (χ0v) is 20.4. The molecule has 152 valence electrons. The fourth-order valence-corrected chi connectivity index (χ4v) is 6.38. The van der Waals surface area contributed by atoms with E-state index in [1.165, 1.54) is 54.7 Å². The van der Waals surface area contributed by atoms with E-state index in [9.17, 15) is 0 Å². The Morgan fingerprint density at radius 3 is 1.90 bits per heavy atom. The van der Waals surface area contributed by atoms with Crippen molar-refractivity contribution in [1.29, 1.82) is 0 Å². The predicted molar refractivity (Wildman–Crippen MR) is 146 cm³/mol. The van der Waals surface area contributed by atoms with Gasteiger partial charge in [0.05, 0.1) is 5.52 Å². The summed E-state index contributed by atoms with van der Waals surface area (Å²) in [6.45, 7) is 0. The quantitative estimate of drug-likeness (QED) is 0.239. The van der Waals surface area contributed by atoms with Gasteiger partial charge in [0.2, 0.25) is 0 Å². The van der Waals surface area contributed by atoms with E-state index < -0.39 is 0 Å². The van der Waals surface area contributed by atoms with Gasteiger partial charge in [0.1, 0.15) is 0 Å². The van der Waals surface area contributed by atoms with Crippen LogP contribution in [-0.4, -0.2) is 9.13 Å². The predicted octanol–water partition coefficient (Wildman–Crippen LogP) is 7.83. The number of hydrogen-bond donors (Lipinski definition) is 0. The first-order valence-electron chi connectivity index (χ1n) is 10.5. The highest BCUT2D eigenvalue weighted by Gasteiger charge is 2.13. The van der Waals surface area contributed by atoms with Crippen LogP contribution in [-0.2, 0) is 12.6 Å². The Morgan fingerprint density at radius 1 is 0.581 bits per heavy atom. The Morgan fingerprint density at radius 2 is 1.16 bits per heavy atom. The Bertz CT molecular complexity index is 1590. The summed E-state index contributed by atoms with van der Waals surface area (Å²) in [6.07, 6.45) is 1.92. The van der Waals surface area contributed by atoms with Gasteiger partial charge in [-0.25, -0.2) is 0 Å². The van der Waals surface area contributed by atoms with Crippen molar-refractivity contribution in [1.82, 2.24) is 9.13 Å². The lowest BCUT2D eigenvalue weighted by Gasteiger charge is -2.08. The molecule has 4 aromatic carbocycles. The third-order valence-electron chi connectivity index (χ3n) is 6.31. The van der Waals surface area contributed by atoms with Crippen molar-refractivity contribution in [2.75, 3.05) is 0 Å². The van der Waals surface area contributed by atoms with Crippen LogP contribution in [0.1, 0.15) is 0 Å². The van der Waals surface area contributed by atoms with Crippen molar-refractivity contribution in [3.63, 3.8) is 0 Å². The molecule has 5 heteroatoms. The molecule has 0 aliphatic heterocycles. The standard InChI is InChI=1S/C26H23N2P3/c29-15-27-23-7-3-1-5-19(23)21-11-9-18(14-26(21)27)17-10-12-25-22(13-17)20-6-2-4-8-24(20)28(25)16-31-30/h1-14,31H,15-16,29-30H2. The zero-order chi connectivity index (χ0) is 20.9. The first kappa shape index (κ1) is 19.5. The molecule has 2 nitrogen and oxygen atoms in total. The molecule has 0 saturated carbocycles. The summed E-state index contributed by atoms with van der Waals surface area (Å²) in [5.41, 5.74) is 7.76. The van der Waals surface area contributed by atoms with E-state index in [4.69, 9.17) is 0 Å². The summed E-state index contributed by atoms with van der Waals surface area (Å²) in [6, 6.07) is 31.3. The molecule has 0 bridgehead atoms. The van der Waals surface area contributed by atoms with Crippen LogP contribution in [0.2, 0.25) is 0 Å². The van der Waals surface area contributed by atoms with Gasteiger partial charge in [-0.15, -0.1) is 18.2 Å². The van der Waals surface area contributed by atoms with Crippen LogP contribution in [0.4, 0.5) is 0 Å². The topological polar surface area (TPSA) is 9.86 Å². The number of aromatic nitrogens is 2. The molecule has 3 unspecified atom stereocenters. The number of benzene rings is 4. The van der Waals surface area contributed by atoms with Crippen molar-refractivity contribution < 1.29 is 0 Å². The van der Waals surface area contributed by atoms with Gasteiger partial charge in [-0.2, -0.15) is 0 Å². The molecular weight excluding hydrogens is 433 g/mol. The highest BCUT2D eigenvalue weighted by Crippen LogP contribution is 2.37. The lowest BCUT2D eigenvalue weighted by Crippen LogP contribution is -1.91. The summed E-state index contributed by atoms with van der Waals surface area (Å²) in [7, 11) is 6.57. The largest absolute Gasteiger partial charge is 0.337 e. The third kappa shape index (κ3) is 2.97. The minimum atomic E-state index is 0.806. The van der Waals surface area contributed by atoms with Crippen molar-refractivity contribution in [2.24, 2.45) is 0 Å². The Hall–Kier alpha value is -2.23. The molecule has 31 heavy (non-hydrogen) atoms. The molecule has 6 aromatic rings. The molecule has 6 rings (SSSR count). The normalized spacial score (nSPS) is 12.3. The molecule has 0 amide bonds. The monoisotopic (exact) mass is 456 g/mol. The SMILES string of the molecule is PCn1c2ccccc2c2ccc(-c3ccc4c(c3)c3ccccc3n4CPP)cc21. The number of para-hydroxylation sites is 2. The van der Waals surface area contributed by atoms with Crippen LogP contribution in [0.3, 0.4) is 0 Å². The number of fused-ring (bicyclic) bond motifs is 6. The van der Waals surface area contributed by atoms with E-state index in [-0.39, 0.29) is 0 Å². The van der Waals surface area contributed by atoms with Crippen molar-refractivity contribution in [2.45, 2.75) is 12.6 Å². The molecule has 0 spiro atoms. The molecular formula is C26H23N2P3. The molecule has 0 aliphatic rings. The van der Waals surface area contributed by atoms with E-state index in [0.717, 1.165) is 20.8 Å². The van der Waals surface area contributed by atoms with E-state index in [2.05, 4.69) is 112 Å². The third-order valence-corrected chi connectivity index (χ3v) is 7.72. The first-order valence-corrected chi connectivity index (χ1v) is 14.3. The maximum Gasteiger partial charge on any atom is 0.0500 e. The molecule has 2 aromatic heterocycles. The first-order chi connectivity index (χ1) is 15.3. The van der Waals surface area contributed by atoms with Crippen LogP contribution in [0.25, 0.3) is 54.7 Å². The Kier molecular flexibility index (Phi) is 4.85. The molecule has 0 aliphatic carbocycles. The van der Waals surface area contributed by atoms with Gasteiger partial charge in [0.25, 0.3) is 0 Å². The maximum atomic E-state index is 2.88. The Balaban J connectivity index is 1.60. The summed E-state index contributed by atoms with van der Waals surface area (Å²) >= 11 is 0. The molecule has 0 saturated heterocycles. The van der Waals surface area contributed by atoms with Crippen LogP contribution >= 0.6 is 26.4 Å². The van der Waals surface area contributed by atoms with E-state index in [1.807, 2.05) is 0 Å². The second kappa shape index (κ2) is 7.72. The molecule has 2 heterocycles. The highest BCUT2D eigenvalue weighted by atomic mass is 32.0. The number of nitrogens with zero attached hydrogens (tertiary/aromatic N) is 2. The molecule has 0 fully saturated rings. The van der Waals surface area contributed by atoms with Crippen LogP contribution < -0.4 is 0 Å². The summed E-state index contributed by atoms with van der Waals surface area (Å²) in [4.78, 5) is 0. The number of hydrogen-bond acceptors (Lipinski definition) is 0. The van der Waals surface area contributed by atoms with Gasteiger partial charge >= 0.3 is 0 Å². The smallest absolute Gasteiger partial charge is 0.0500 e. The summed E-state index contributed by atoms with van der Waals surface area (Å²) in [5, 5.41) is 5.31. The van der Waals surface area contributed by atoms with Crippen LogP contribution in [0.15, 0.2) is 84.9 Å². The fourth-order valence-electron chi connectivity index (χ4n) is 4.92. The number of rotatable bonds is 4. The lowest BCUT2D eigenvalue weighted by atomic mass is 10.0. The second-order valence-electron chi connectivity index (χ2n) is 7.90. The highest BCUT2D eigenvalue weighted by molar-refractivity contribution is 8.02. The molecule has 0 N–H and O–H groups in total. The van der Waals surface area contributed by atoms with Gasteiger partial charge in [-0.05, 0) is 41.5 Å². The van der Waals surface area contributed by atoms with E-state index in [0.29, 0.717) is 0 Å². The van der Waals surface area contributed by atoms with Crippen LogP contribution in [0, 0.1) is 0 Å². The lowest BCUT2D eigenvalue weighted by molar-refractivity contribution is 0.984. The molecule has 0 radical (unpaired) electrons. The van der Waals surface area contributed by atoms with Crippen molar-refractivity contribution >= 4 is 70.0 Å². The average molecular weight is 456 g/mol. The minimum Gasteiger partial charge on any atom is -0.337 e. The van der Waals surface area contributed by atoms with Gasteiger partial charge in [-0.1, -0.05) is 62.9 Å². The van der Waals surface area contributed by atoms with Crippen molar-refractivity contribution in [3.05, 3.63) is 84.9 Å². The fraction of sp³-hybridized carbons (Fsp3) is 0.0769. The van der Waals surface area contributed by atoms with E-state index in [1.54, 1.807) is 0 Å². The summed E-state index contributed by atoms with van der Waals surface area (Å²) < 4.78 is 4.85.